The molecule has 2 heteroatoms. The molecule has 1 aromatic carbocycles. The summed E-state index contributed by atoms with van der Waals surface area (Å²) < 4.78 is 0. The van der Waals surface area contributed by atoms with Crippen LogP contribution in [0.25, 0.3) is 0 Å². The van der Waals surface area contributed by atoms with Crippen molar-refractivity contribution in [2.24, 2.45) is 5.41 Å². The lowest BCUT2D eigenvalue weighted by Crippen LogP contribution is -2.42. The van der Waals surface area contributed by atoms with E-state index in [0.29, 0.717) is 12.1 Å². The third-order valence-electron chi connectivity index (χ3n) is 4.09. The lowest BCUT2D eigenvalue weighted by molar-refractivity contribution is 0.187. The van der Waals surface area contributed by atoms with Crippen LogP contribution in [0, 0.1) is 26.2 Å². The van der Waals surface area contributed by atoms with Gasteiger partial charge < -0.3 is 10.4 Å². The normalized spacial score (nSPS) is 15.2. The molecular formula is C18H31NO. The van der Waals surface area contributed by atoms with Crippen molar-refractivity contribution in [2.45, 2.75) is 67.0 Å². The molecule has 1 rings (SSSR count). The van der Waals surface area contributed by atoms with Crippen LogP contribution < -0.4 is 5.32 Å². The van der Waals surface area contributed by atoms with Crippen LogP contribution in [-0.2, 0) is 0 Å². The Morgan fingerprint density at radius 2 is 1.60 bits per heavy atom. The van der Waals surface area contributed by atoms with Crippen molar-refractivity contribution in [1.29, 1.82) is 0 Å². The molecule has 0 saturated heterocycles. The smallest absolute Gasteiger partial charge is 0.0446 e. The Balaban J connectivity index is 2.98. The Morgan fingerprint density at radius 1 is 1.10 bits per heavy atom. The average molecular weight is 277 g/mol. The highest BCUT2D eigenvalue weighted by molar-refractivity contribution is 5.39. The van der Waals surface area contributed by atoms with Crippen LogP contribution in [0.5, 0.6) is 0 Å². The number of aliphatic hydroxyl groups is 1. The minimum atomic E-state index is 0.142. The van der Waals surface area contributed by atoms with Crippen LogP contribution in [-0.4, -0.2) is 17.8 Å². The highest BCUT2D eigenvalue weighted by atomic mass is 16.3. The van der Waals surface area contributed by atoms with E-state index in [1.54, 1.807) is 0 Å². The van der Waals surface area contributed by atoms with Gasteiger partial charge in [-0.25, -0.2) is 0 Å². The lowest BCUT2D eigenvalue weighted by atomic mass is 9.83. The molecule has 0 amide bonds. The van der Waals surface area contributed by atoms with Gasteiger partial charge in [0.15, 0.2) is 0 Å². The Labute approximate surface area is 124 Å². The molecule has 2 unspecified atom stereocenters. The minimum absolute atomic E-state index is 0.142. The largest absolute Gasteiger partial charge is 0.396 e. The van der Waals surface area contributed by atoms with E-state index >= 15 is 0 Å². The maximum Gasteiger partial charge on any atom is 0.0446 e. The SMILES string of the molecule is Cc1cc(C)c(C(C)NC(CCO)C(C)(C)C)c(C)c1. The molecule has 0 aliphatic heterocycles. The molecule has 2 N–H and O–H groups in total. The highest BCUT2D eigenvalue weighted by Gasteiger charge is 2.26. The van der Waals surface area contributed by atoms with Crippen molar-refractivity contribution in [3.63, 3.8) is 0 Å². The summed E-state index contributed by atoms with van der Waals surface area (Å²) in [6.07, 6.45) is 0.789. The second-order valence-corrected chi connectivity index (χ2v) is 7.13. The van der Waals surface area contributed by atoms with Gasteiger partial charge in [-0.05, 0) is 56.2 Å². The summed E-state index contributed by atoms with van der Waals surface area (Å²) >= 11 is 0. The van der Waals surface area contributed by atoms with Gasteiger partial charge in [0.25, 0.3) is 0 Å². The van der Waals surface area contributed by atoms with Crippen molar-refractivity contribution in [3.8, 4) is 0 Å². The van der Waals surface area contributed by atoms with Crippen LogP contribution in [0.1, 0.15) is 62.4 Å². The maximum absolute atomic E-state index is 9.29. The first-order valence-electron chi connectivity index (χ1n) is 7.61. The molecule has 0 aliphatic carbocycles. The van der Waals surface area contributed by atoms with Crippen molar-refractivity contribution < 1.29 is 5.11 Å². The number of nitrogens with one attached hydrogen (secondary N) is 1. The summed E-state index contributed by atoms with van der Waals surface area (Å²) in [6.45, 7) is 15.6. The summed E-state index contributed by atoms with van der Waals surface area (Å²) in [7, 11) is 0. The third kappa shape index (κ3) is 4.32. The van der Waals surface area contributed by atoms with Gasteiger partial charge in [-0.1, -0.05) is 38.5 Å². The van der Waals surface area contributed by atoms with Gasteiger partial charge in [-0.15, -0.1) is 0 Å². The molecule has 0 saturated carbocycles. The lowest BCUT2D eigenvalue weighted by Gasteiger charge is -2.35. The number of aryl methyl sites for hydroxylation is 3. The summed E-state index contributed by atoms with van der Waals surface area (Å²) in [6, 6.07) is 5.10. The highest BCUT2D eigenvalue weighted by Crippen LogP contribution is 2.28. The van der Waals surface area contributed by atoms with Crippen molar-refractivity contribution >= 4 is 0 Å². The monoisotopic (exact) mass is 277 g/mol. The molecule has 0 aromatic heterocycles. The quantitative estimate of drug-likeness (QED) is 0.850. The summed E-state index contributed by atoms with van der Waals surface area (Å²) in [5.41, 5.74) is 5.54. The van der Waals surface area contributed by atoms with E-state index < -0.39 is 0 Å². The van der Waals surface area contributed by atoms with Crippen LogP contribution in [0.4, 0.5) is 0 Å². The van der Waals surface area contributed by atoms with E-state index in [1.807, 2.05) is 0 Å². The fourth-order valence-corrected chi connectivity index (χ4v) is 3.15. The van der Waals surface area contributed by atoms with Crippen LogP contribution >= 0.6 is 0 Å². The Bertz CT molecular complexity index is 422. The molecule has 0 aliphatic rings. The maximum atomic E-state index is 9.29. The number of hydrogen-bond donors (Lipinski definition) is 2. The van der Waals surface area contributed by atoms with Crippen LogP contribution in [0.15, 0.2) is 12.1 Å². The van der Waals surface area contributed by atoms with E-state index in [4.69, 9.17) is 0 Å². The van der Waals surface area contributed by atoms with Gasteiger partial charge in [0, 0.05) is 18.7 Å². The molecule has 0 fully saturated rings. The number of aliphatic hydroxyl groups excluding tert-OH is 1. The first kappa shape index (κ1) is 17.2. The predicted octanol–water partition coefficient (Wildman–Crippen LogP) is 4.06. The molecule has 0 radical (unpaired) electrons. The van der Waals surface area contributed by atoms with E-state index in [-0.39, 0.29) is 12.0 Å². The van der Waals surface area contributed by atoms with Gasteiger partial charge in [0.1, 0.15) is 0 Å². The fraction of sp³-hybridized carbons (Fsp3) is 0.667. The van der Waals surface area contributed by atoms with Gasteiger partial charge in [0.2, 0.25) is 0 Å². The zero-order valence-electron chi connectivity index (χ0n) is 14.2. The van der Waals surface area contributed by atoms with E-state index in [9.17, 15) is 5.11 Å². The molecule has 0 bridgehead atoms. The zero-order valence-corrected chi connectivity index (χ0v) is 14.2. The number of benzene rings is 1. The van der Waals surface area contributed by atoms with Crippen molar-refractivity contribution in [2.75, 3.05) is 6.61 Å². The zero-order chi connectivity index (χ0) is 15.5. The molecular weight excluding hydrogens is 246 g/mol. The molecule has 0 heterocycles. The summed E-state index contributed by atoms with van der Waals surface area (Å²) in [4.78, 5) is 0. The van der Waals surface area contributed by atoms with E-state index in [1.165, 1.54) is 22.3 Å². The molecule has 114 valence electrons. The molecule has 0 spiro atoms. The summed E-state index contributed by atoms with van der Waals surface area (Å²) in [5, 5.41) is 13.0. The van der Waals surface area contributed by atoms with Gasteiger partial charge >= 0.3 is 0 Å². The van der Waals surface area contributed by atoms with Gasteiger partial charge in [-0.3, -0.25) is 0 Å². The standard InChI is InChI=1S/C18H31NO/c1-12-10-13(2)17(14(3)11-12)15(4)19-16(8-9-20)18(5,6)7/h10-11,15-16,19-20H,8-9H2,1-7H3. The van der Waals surface area contributed by atoms with Crippen molar-refractivity contribution in [3.05, 3.63) is 34.4 Å². The Kier molecular flexibility index (Phi) is 5.79. The first-order chi connectivity index (χ1) is 9.16. The molecule has 20 heavy (non-hydrogen) atoms. The van der Waals surface area contributed by atoms with Crippen LogP contribution in [0.3, 0.4) is 0 Å². The second-order valence-electron chi connectivity index (χ2n) is 7.13. The van der Waals surface area contributed by atoms with E-state index in [0.717, 1.165) is 6.42 Å². The minimum Gasteiger partial charge on any atom is -0.396 e. The van der Waals surface area contributed by atoms with Gasteiger partial charge in [0.05, 0.1) is 0 Å². The Hall–Kier alpha value is -0.860. The topological polar surface area (TPSA) is 32.3 Å². The molecule has 2 nitrogen and oxygen atoms in total. The number of rotatable bonds is 5. The fourth-order valence-electron chi connectivity index (χ4n) is 3.15. The van der Waals surface area contributed by atoms with Gasteiger partial charge in [-0.2, -0.15) is 0 Å². The summed E-state index contributed by atoms with van der Waals surface area (Å²) in [5.74, 6) is 0. The van der Waals surface area contributed by atoms with Crippen molar-refractivity contribution in [1.82, 2.24) is 5.32 Å². The Morgan fingerprint density at radius 3 is 2.00 bits per heavy atom. The molecule has 2 atom stereocenters. The average Bonchev–Trinajstić information content (AvgIpc) is 2.25. The number of hydrogen-bond acceptors (Lipinski definition) is 2. The molecule has 1 aromatic rings. The predicted molar refractivity (Wildman–Crippen MR) is 87.1 cm³/mol. The van der Waals surface area contributed by atoms with E-state index in [2.05, 4.69) is 65.9 Å². The first-order valence-corrected chi connectivity index (χ1v) is 7.61. The second kappa shape index (κ2) is 6.73. The third-order valence-corrected chi connectivity index (χ3v) is 4.09. The van der Waals surface area contributed by atoms with Crippen LogP contribution in [0.2, 0.25) is 0 Å².